The molecule has 1 aromatic rings. The van der Waals surface area contributed by atoms with Crippen molar-refractivity contribution in [3.05, 3.63) is 23.8 Å². The Hall–Kier alpha value is -2.24. The molecule has 2 aliphatic rings. The van der Waals surface area contributed by atoms with Gasteiger partial charge in [0.05, 0.1) is 0 Å². The van der Waals surface area contributed by atoms with Crippen LogP contribution in [0.4, 0.5) is 4.79 Å². The van der Waals surface area contributed by atoms with Crippen LogP contribution < -0.4 is 9.47 Å². The maximum Gasteiger partial charge on any atom is 0.410 e. The van der Waals surface area contributed by atoms with Crippen LogP contribution >= 0.6 is 0 Å². The first-order valence-corrected chi connectivity index (χ1v) is 9.26. The lowest BCUT2D eigenvalue weighted by Gasteiger charge is -2.36. The average molecular weight is 361 g/mol. The summed E-state index contributed by atoms with van der Waals surface area (Å²) in [6.07, 6.45) is 2.72. The second-order valence-electron chi connectivity index (χ2n) is 7.81. The largest absolute Gasteiger partial charge is 0.486 e. The summed E-state index contributed by atoms with van der Waals surface area (Å²) in [5, 5.41) is 0. The number of hydrogen-bond acceptors (Lipinski definition) is 5. The zero-order valence-electron chi connectivity index (χ0n) is 15.7. The van der Waals surface area contributed by atoms with Gasteiger partial charge in [-0.25, -0.2) is 4.79 Å². The highest BCUT2D eigenvalue weighted by atomic mass is 16.6. The van der Waals surface area contributed by atoms with Crippen molar-refractivity contribution in [1.29, 1.82) is 0 Å². The van der Waals surface area contributed by atoms with Crippen LogP contribution in [0.25, 0.3) is 0 Å². The zero-order valence-corrected chi connectivity index (χ0v) is 15.7. The van der Waals surface area contributed by atoms with Crippen LogP contribution in [0.15, 0.2) is 18.2 Å². The molecule has 2 heterocycles. The van der Waals surface area contributed by atoms with Crippen molar-refractivity contribution < 1.29 is 23.8 Å². The molecule has 1 aromatic carbocycles. The van der Waals surface area contributed by atoms with Gasteiger partial charge in [-0.3, -0.25) is 4.79 Å². The number of hydrogen-bond donors (Lipinski definition) is 0. The third kappa shape index (κ3) is 4.48. The minimum Gasteiger partial charge on any atom is -0.486 e. The van der Waals surface area contributed by atoms with E-state index in [0.717, 1.165) is 19.3 Å². The van der Waals surface area contributed by atoms with Crippen LogP contribution in [0, 0.1) is 0 Å². The van der Waals surface area contributed by atoms with Crippen molar-refractivity contribution in [3.63, 3.8) is 0 Å². The second-order valence-corrected chi connectivity index (χ2v) is 7.81. The number of likely N-dealkylation sites (tertiary alicyclic amines) is 1. The van der Waals surface area contributed by atoms with E-state index >= 15 is 0 Å². The van der Waals surface area contributed by atoms with E-state index in [1.54, 1.807) is 23.1 Å². The summed E-state index contributed by atoms with van der Waals surface area (Å²) < 4.78 is 16.6. The maximum absolute atomic E-state index is 12.8. The molecule has 0 bridgehead atoms. The maximum atomic E-state index is 12.8. The van der Waals surface area contributed by atoms with Crippen LogP contribution in [0.2, 0.25) is 0 Å². The minimum absolute atomic E-state index is 0.00225. The number of Topliss-reactive ketones (excluding diaryl/α,β-unsaturated/α-hetero) is 1. The number of benzene rings is 1. The minimum atomic E-state index is -0.543. The molecule has 3 rings (SSSR count). The Morgan fingerprint density at radius 3 is 2.62 bits per heavy atom. The third-order valence-electron chi connectivity index (χ3n) is 4.54. The van der Waals surface area contributed by atoms with Crippen molar-refractivity contribution in [2.24, 2.45) is 0 Å². The van der Waals surface area contributed by atoms with E-state index in [-0.39, 0.29) is 17.9 Å². The zero-order chi connectivity index (χ0) is 18.7. The molecule has 2 aliphatic heterocycles. The van der Waals surface area contributed by atoms with E-state index < -0.39 is 5.60 Å². The summed E-state index contributed by atoms with van der Waals surface area (Å²) in [4.78, 5) is 27.0. The van der Waals surface area contributed by atoms with Gasteiger partial charge in [0.1, 0.15) is 18.8 Å². The molecule has 26 heavy (non-hydrogen) atoms. The number of piperidine rings is 1. The standard InChI is InChI=1S/C20H27NO5/c1-20(2,3)26-19(23)21-9-5-4-6-15(21)13-16(22)14-7-8-17-18(12-14)25-11-10-24-17/h7-8,12,15H,4-6,9-11,13H2,1-3H3. The first kappa shape index (κ1) is 18.5. The Labute approximate surface area is 154 Å². The number of rotatable bonds is 3. The molecule has 1 saturated heterocycles. The van der Waals surface area contributed by atoms with Crippen LogP contribution in [0.1, 0.15) is 56.8 Å². The quantitative estimate of drug-likeness (QED) is 0.766. The molecule has 142 valence electrons. The first-order valence-electron chi connectivity index (χ1n) is 9.26. The molecule has 0 radical (unpaired) electrons. The monoisotopic (exact) mass is 361 g/mol. The van der Waals surface area contributed by atoms with Crippen molar-refractivity contribution in [2.45, 2.75) is 58.1 Å². The van der Waals surface area contributed by atoms with Crippen molar-refractivity contribution in [2.75, 3.05) is 19.8 Å². The number of nitrogens with zero attached hydrogens (tertiary/aromatic N) is 1. The van der Waals surface area contributed by atoms with Gasteiger partial charge in [-0.1, -0.05) is 0 Å². The van der Waals surface area contributed by atoms with Crippen LogP contribution in [-0.2, 0) is 4.74 Å². The lowest BCUT2D eigenvalue weighted by Crippen LogP contribution is -2.46. The summed E-state index contributed by atoms with van der Waals surface area (Å²) in [5.74, 6) is 1.28. The third-order valence-corrected chi connectivity index (χ3v) is 4.54. The molecule has 0 saturated carbocycles. The Balaban J connectivity index is 1.69. The number of carbonyl (C=O) groups excluding carboxylic acids is 2. The molecule has 1 unspecified atom stereocenters. The van der Waals surface area contributed by atoms with E-state index in [1.165, 1.54) is 0 Å². The number of amides is 1. The van der Waals surface area contributed by atoms with E-state index in [0.29, 0.717) is 43.2 Å². The summed E-state index contributed by atoms with van der Waals surface area (Å²) in [5.41, 5.74) is 0.0443. The lowest BCUT2D eigenvalue weighted by molar-refractivity contribution is 0.00946. The van der Waals surface area contributed by atoms with Gasteiger partial charge in [0.15, 0.2) is 17.3 Å². The van der Waals surface area contributed by atoms with Crippen molar-refractivity contribution in [1.82, 2.24) is 4.90 Å². The molecular formula is C20H27NO5. The molecule has 6 nitrogen and oxygen atoms in total. The molecule has 1 amide bonds. The van der Waals surface area contributed by atoms with Crippen molar-refractivity contribution in [3.8, 4) is 11.5 Å². The van der Waals surface area contributed by atoms with Crippen LogP contribution in [-0.4, -0.2) is 48.2 Å². The second kappa shape index (κ2) is 7.56. The fourth-order valence-corrected chi connectivity index (χ4v) is 3.32. The van der Waals surface area contributed by atoms with Gasteiger partial charge in [0.2, 0.25) is 0 Å². The van der Waals surface area contributed by atoms with Crippen LogP contribution in [0.3, 0.4) is 0 Å². The van der Waals surface area contributed by atoms with E-state index in [4.69, 9.17) is 14.2 Å². The molecule has 1 fully saturated rings. The van der Waals surface area contributed by atoms with Gasteiger partial charge >= 0.3 is 6.09 Å². The van der Waals surface area contributed by atoms with Crippen LogP contribution in [0.5, 0.6) is 11.5 Å². The fraction of sp³-hybridized carbons (Fsp3) is 0.600. The Bertz CT molecular complexity index is 679. The molecular weight excluding hydrogens is 334 g/mol. The summed E-state index contributed by atoms with van der Waals surface area (Å²) in [6, 6.07) is 5.14. The number of ether oxygens (including phenoxy) is 3. The van der Waals surface area contributed by atoms with Gasteiger partial charge in [0.25, 0.3) is 0 Å². The average Bonchev–Trinajstić information content (AvgIpc) is 2.60. The topological polar surface area (TPSA) is 65.1 Å². The normalized spacial score (nSPS) is 19.8. The first-order chi connectivity index (χ1) is 12.3. The Kier molecular flexibility index (Phi) is 5.39. The molecule has 1 atom stereocenters. The summed E-state index contributed by atoms with van der Waals surface area (Å²) in [7, 11) is 0. The highest BCUT2D eigenvalue weighted by molar-refractivity contribution is 5.97. The van der Waals surface area contributed by atoms with Gasteiger partial charge in [-0.2, -0.15) is 0 Å². The van der Waals surface area contributed by atoms with Gasteiger partial charge in [-0.15, -0.1) is 0 Å². The highest BCUT2D eigenvalue weighted by Gasteiger charge is 2.32. The van der Waals surface area contributed by atoms with Crippen molar-refractivity contribution >= 4 is 11.9 Å². The van der Waals surface area contributed by atoms with E-state index in [9.17, 15) is 9.59 Å². The predicted molar refractivity (Wildman–Crippen MR) is 97.0 cm³/mol. The predicted octanol–water partition coefficient (Wildman–Crippen LogP) is 3.82. The van der Waals surface area contributed by atoms with Gasteiger partial charge < -0.3 is 19.1 Å². The number of ketones is 1. The molecule has 0 N–H and O–H groups in total. The molecule has 0 aliphatic carbocycles. The molecule has 6 heteroatoms. The Morgan fingerprint density at radius 2 is 1.88 bits per heavy atom. The molecule has 0 spiro atoms. The highest BCUT2D eigenvalue weighted by Crippen LogP contribution is 2.32. The fourth-order valence-electron chi connectivity index (χ4n) is 3.32. The lowest BCUT2D eigenvalue weighted by atomic mass is 9.95. The molecule has 0 aromatic heterocycles. The Morgan fingerprint density at radius 1 is 1.15 bits per heavy atom. The summed E-state index contributed by atoms with van der Waals surface area (Å²) in [6.45, 7) is 7.19. The smallest absolute Gasteiger partial charge is 0.410 e. The van der Waals surface area contributed by atoms with Gasteiger partial charge in [-0.05, 0) is 58.2 Å². The van der Waals surface area contributed by atoms with E-state index in [1.807, 2.05) is 20.8 Å². The van der Waals surface area contributed by atoms with Gasteiger partial charge in [0, 0.05) is 24.6 Å². The SMILES string of the molecule is CC(C)(C)OC(=O)N1CCCCC1CC(=O)c1ccc2c(c1)OCCO2. The van der Waals surface area contributed by atoms with E-state index in [2.05, 4.69) is 0 Å². The number of carbonyl (C=O) groups is 2. The number of fused-ring (bicyclic) bond motifs is 1. The summed E-state index contributed by atoms with van der Waals surface area (Å²) >= 11 is 0.